The van der Waals surface area contributed by atoms with Crippen molar-refractivity contribution < 1.29 is 4.74 Å². The van der Waals surface area contributed by atoms with Crippen molar-refractivity contribution in [2.45, 2.75) is 26.3 Å². The van der Waals surface area contributed by atoms with Gasteiger partial charge in [-0.25, -0.2) is 4.98 Å². The number of halogens is 1. The Morgan fingerprint density at radius 2 is 1.73 bits per heavy atom. The topological polar surface area (TPSA) is 33.5 Å². The maximum Gasteiger partial charge on any atom is 0.120 e. The number of rotatable bonds is 6. The fraction of sp³-hybridized carbons (Fsp3) is 0.370. The predicted molar refractivity (Wildman–Crippen MR) is 141 cm³/mol. The number of imidazole rings is 1. The maximum absolute atomic E-state index is 5.39. The highest BCUT2D eigenvalue weighted by Gasteiger charge is 2.21. The summed E-state index contributed by atoms with van der Waals surface area (Å²) in [5.41, 5.74) is 3.57. The number of nitrogens with zero attached hydrogens (tertiary/aromatic N) is 4. The van der Waals surface area contributed by atoms with Gasteiger partial charge >= 0.3 is 0 Å². The Hall–Kier alpha value is -2.57. The van der Waals surface area contributed by atoms with Gasteiger partial charge in [0.2, 0.25) is 0 Å². The fourth-order valence-corrected chi connectivity index (χ4v) is 5.55. The first-order chi connectivity index (χ1) is 16.0. The molecule has 4 aromatic rings. The summed E-state index contributed by atoms with van der Waals surface area (Å²) in [4.78, 5) is 10.1. The van der Waals surface area contributed by atoms with Crippen LogP contribution in [0.15, 0.2) is 59.1 Å². The van der Waals surface area contributed by atoms with E-state index in [0.29, 0.717) is 6.04 Å². The van der Waals surface area contributed by atoms with Crippen LogP contribution in [-0.2, 0) is 6.42 Å². The second-order valence-corrected chi connectivity index (χ2v) is 9.90. The monoisotopic (exact) mass is 506 g/mol. The molecule has 0 radical (unpaired) electrons. The molecule has 0 atom stereocenters. The molecule has 172 valence electrons. The van der Waals surface area contributed by atoms with E-state index in [2.05, 4.69) is 92.7 Å². The first kappa shape index (κ1) is 22.2. The van der Waals surface area contributed by atoms with E-state index in [1.54, 1.807) is 7.11 Å². The Balaban J connectivity index is 1.33. The van der Waals surface area contributed by atoms with Crippen molar-refractivity contribution in [2.75, 3.05) is 44.7 Å². The van der Waals surface area contributed by atoms with Crippen LogP contribution in [0, 0.1) is 0 Å². The molecule has 0 aliphatic carbocycles. The van der Waals surface area contributed by atoms with Crippen LogP contribution in [0.5, 0.6) is 5.75 Å². The second-order valence-electron chi connectivity index (χ2n) is 9.04. The molecule has 33 heavy (non-hydrogen) atoms. The van der Waals surface area contributed by atoms with Gasteiger partial charge in [0.15, 0.2) is 0 Å². The summed E-state index contributed by atoms with van der Waals surface area (Å²) < 4.78 is 8.95. The van der Waals surface area contributed by atoms with E-state index >= 15 is 0 Å². The normalized spacial score (nSPS) is 15.1. The minimum absolute atomic E-state index is 0.361. The van der Waals surface area contributed by atoms with Crippen LogP contribution < -0.4 is 9.64 Å². The van der Waals surface area contributed by atoms with Gasteiger partial charge in [-0.2, -0.15) is 0 Å². The molecule has 1 aliphatic heterocycles. The Labute approximate surface area is 204 Å². The number of ether oxygens (including phenoxy) is 1. The lowest BCUT2D eigenvalue weighted by Gasteiger charge is -2.36. The highest BCUT2D eigenvalue weighted by Crippen LogP contribution is 2.34. The molecule has 5 rings (SSSR count). The zero-order valence-electron chi connectivity index (χ0n) is 19.6. The molecule has 2 heterocycles. The second kappa shape index (κ2) is 9.35. The minimum atomic E-state index is 0.361. The maximum atomic E-state index is 5.39. The van der Waals surface area contributed by atoms with E-state index in [-0.39, 0.29) is 0 Å². The quantitative estimate of drug-likeness (QED) is 0.325. The van der Waals surface area contributed by atoms with Gasteiger partial charge in [-0.1, -0.05) is 46.3 Å². The zero-order valence-corrected chi connectivity index (χ0v) is 21.2. The molecule has 3 aromatic carbocycles. The van der Waals surface area contributed by atoms with Gasteiger partial charge in [0.05, 0.1) is 18.1 Å². The summed E-state index contributed by atoms with van der Waals surface area (Å²) >= 11 is 3.75. The molecule has 0 bridgehead atoms. The number of fused-ring (bicyclic) bond motifs is 3. The first-order valence-corrected chi connectivity index (χ1v) is 12.5. The fourth-order valence-electron chi connectivity index (χ4n) is 4.99. The molecular weight excluding hydrogens is 476 g/mol. The molecular formula is C27H31BrN4O. The summed E-state index contributed by atoms with van der Waals surface area (Å²) in [6.07, 6.45) is 0.956. The van der Waals surface area contributed by atoms with E-state index in [4.69, 9.17) is 9.72 Å². The summed E-state index contributed by atoms with van der Waals surface area (Å²) in [7, 11) is 1.73. The summed E-state index contributed by atoms with van der Waals surface area (Å²) in [6, 6.07) is 19.5. The molecule has 1 aromatic heterocycles. The molecule has 0 amide bonds. The molecule has 0 unspecified atom stereocenters. The summed E-state index contributed by atoms with van der Waals surface area (Å²) in [5, 5.41) is 2.51. The largest absolute Gasteiger partial charge is 0.497 e. The number of benzene rings is 3. The van der Waals surface area contributed by atoms with Crippen molar-refractivity contribution in [1.29, 1.82) is 0 Å². The van der Waals surface area contributed by atoms with Crippen molar-refractivity contribution in [1.82, 2.24) is 14.5 Å². The van der Waals surface area contributed by atoms with Crippen molar-refractivity contribution >= 4 is 43.4 Å². The van der Waals surface area contributed by atoms with Crippen molar-refractivity contribution in [3.8, 4) is 5.75 Å². The lowest BCUT2D eigenvalue weighted by molar-refractivity contribution is 0.258. The number of anilines is 1. The lowest BCUT2D eigenvalue weighted by Crippen LogP contribution is -2.47. The number of methoxy groups -OCH3 is 1. The minimum Gasteiger partial charge on any atom is -0.497 e. The Bertz CT molecular complexity index is 1270. The van der Waals surface area contributed by atoms with Gasteiger partial charge in [0, 0.05) is 66.8 Å². The van der Waals surface area contributed by atoms with Gasteiger partial charge in [0.1, 0.15) is 11.6 Å². The zero-order chi connectivity index (χ0) is 22.9. The Morgan fingerprint density at radius 3 is 2.45 bits per heavy atom. The van der Waals surface area contributed by atoms with E-state index in [0.717, 1.165) is 54.9 Å². The highest BCUT2D eigenvalue weighted by atomic mass is 79.9. The smallest absolute Gasteiger partial charge is 0.120 e. The van der Waals surface area contributed by atoms with Crippen LogP contribution in [0.1, 0.15) is 25.7 Å². The molecule has 0 saturated carbocycles. The number of aromatic nitrogens is 2. The van der Waals surface area contributed by atoms with Crippen molar-refractivity contribution in [3.63, 3.8) is 0 Å². The lowest BCUT2D eigenvalue weighted by atomic mass is 10.1. The van der Waals surface area contributed by atoms with Gasteiger partial charge in [0.25, 0.3) is 0 Å². The van der Waals surface area contributed by atoms with Crippen LogP contribution >= 0.6 is 15.9 Å². The Kier molecular flexibility index (Phi) is 6.30. The number of hydrogen-bond donors (Lipinski definition) is 0. The molecule has 0 N–H and O–H groups in total. The van der Waals surface area contributed by atoms with Crippen LogP contribution in [-0.4, -0.2) is 54.3 Å². The molecule has 1 saturated heterocycles. The molecule has 6 heteroatoms. The van der Waals surface area contributed by atoms with Crippen molar-refractivity contribution in [3.05, 3.63) is 64.9 Å². The Morgan fingerprint density at radius 1 is 0.970 bits per heavy atom. The van der Waals surface area contributed by atoms with Gasteiger partial charge in [-0.15, -0.1) is 0 Å². The van der Waals surface area contributed by atoms with E-state index in [1.165, 1.54) is 27.8 Å². The van der Waals surface area contributed by atoms with E-state index in [1.807, 2.05) is 6.07 Å². The van der Waals surface area contributed by atoms with E-state index < -0.39 is 0 Å². The van der Waals surface area contributed by atoms with E-state index in [9.17, 15) is 0 Å². The predicted octanol–water partition coefficient (Wildman–Crippen LogP) is 5.91. The number of hydrogen-bond acceptors (Lipinski definition) is 4. The van der Waals surface area contributed by atoms with Gasteiger partial charge < -0.3 is 14.2 Å². The third kappa shape index (κ3) is 4.34. The average molecular weight is 507 g/mol. The van der Waals surface area contributed by atoms with Crippen LogP contribution in [0.25, 0.3) is 21.8 Å². The van der Waals surface area contributed by atoms with Gasteiger partial charge in [-0.3, -0.25) is 4.90 Å². The molecule has 0 spiro atoms. The van der Waals surface area contributed by atoms with Crippen LogP contribution in [0.4, 0.5) is 5.69 Å². The standard InChI is InChI=1S/C27H31BrN4O/c1-19(2)32-26(29-25-18-24(28)22-9-4-5-10-23(22)27(25)32)11-12-30-13-15-31(16-14-30)20-7-6-8-21(17-20)33-3/h4-10,17-19H,11-16H2,1-3H3. The summed E-state index contributed by atoms with van der Waals surface area (Å²) in [6.45, 7) is 9.74. The van der Waals surface area contributed by atoms with Crippen LogP contribution in [0.3, 0.4) is 0 Å². The molecule has 5 nitrogen and oxygen atoms in total. The first-order valence-electron chi connectivity index (χ1n) is 11.7. The average Bonchev–Trinajstić information content (AvgIpc) is 3.22. The summed E-state index contributed by atoms with van der Waals surface area (Å²) in [5.74, 6) is 2.10. The third-order valence-corrected chi connectivity index (χ3v) is 7.33. The third-order valence-electron chi connectivity index (χ3n) is 6.67. The number of piperazine rings is 1. The van der Waals surface area contributed by atoms with Crippen molar-refractivity contribution in [2.24, 2.45) is 0 Å². The van der Waals surface area contributed by atoms with Gasteiger partial charge in [-0.05, 0) is 37.4 Å². The highest BCUT2D eigenvalue weighted by molar-refractivity contribution is 9.10. The SMILES string of the molecule is COc1cccc(N2CCN(CCc3nc4cc(Br)c5ccccc5c4n3C(C)C)CC2)c1. The molecule has 1 fully saturated rings. The van der Waals surface area contributed by atoms with Crippen LogP contribution in [0.2, 0.25) is 0 Å². The molecule has 1 aliphatic rings.